The molecule has 0 atom stereocenters. The van der Waals surface area contributed by atoms with Crippen molar-refractivity contribution in [3.8, 4) is 0 Å². The molecular formula is C20H20FN3O4. The SMILES string of the molecule is CC(C)OC(=O)c1ncccc1C(=O)N1CC(=O)N(Cc2ccc(F)cc2)C1. The van der Waals surface area contributed by atoms with E-state index in [1.807, 2.05) is 0 Å². The van der Waals surface area contributed by atoms with Crippen LogP contribution < -0.4 is 0 Å². The van der Waals surface area contributed by atoms with Crippen LogP contribution in [0.1, 0.15) is 40.3 Å². The Hall–Kier alpha value is -3.29. The predicted molar refractivity (Wildman–Crippen MR) is 97.6 cm³/mol. The van der Waals surface area contributed by atoms with E-state index < -0.39 is 11.9 Å². The summed E-state index contributed by atoms with van der Waals surface area (Å²) < 4.78 is 18.2. The Morgan fingerprint density at radius 2 is 1.93 bits per heavy atom. The Bertz CT molecular complexity index is 899. The number of halogens is 1. The number of aromatic nitrogens is 1. The Kier molecular flexibility index (Phi) is 5.67. The smallest absolute Gasteiger partial charge is 0.358 e. The summed E-state index contributed by atoms with van der Waals surface area (Å²) in [4.78, 5) is 44.2. The molecule has 1 fully saturated rings. The van der Waals surface area contributed by atoms with Gasteiger partial charge in [0, 0.05) is 12.7 Å². The minimum Gasteiger partial charge on any atom is -0.458 e. The molecule has 0 bridgehead atoms. The lowest BCUT2D eigenvalue weighted by molar-refractivity contribution is -0.127. The van der Waals surface area contributed by atoms with Crippen molar-refractivity contribution in [1.82, 2.24) is 14.8 Å². The molecule has 7 nitrogen and oxygen atoms in total. The number of hydrogen-bond donors (Lipinski definition) is 0. The van der Waals surface area contributed by atoms with Crippen LogP contribution in [0.2, 0.25) is 0 Å². The second kappa shape index (κ2) is 8.16. The van der Waals surface area contributed by atoms with Crippen LogP contribution in [0.25, 0.3) is 0 Å². The highest BCUT2D eigenvalue weighted by atomic mass is 19.1. The molecule has 1 aliphatic heterocycles. The first-order valence-electron chi connectivity index (χ1n) is 8.82. The topological polar surface area (TPSA) is 79.8 Å². The van der Waals surface area contributed by atoms with E-state index in [0.717, 1.165) is 5.56 Å². The normalized spacial score (nSPS) is 13.9. The molecule has 2 heterocycles. The van der Waals surface area contributed by atoms with Gasteiger partial charge in [0.25, 0.3) is 5.91 Å². The maximum absolute atomic E-state index is 13.0. The Labute approximate surface area is 161 Å². The minimum absolute atomic E-state index is 0.0720. The first-order valence-corrected chi connectivity index (χ1v) is 8.82. The van der Waals surface area contributed by atoms with Gasteiger partial charge in [-0.05, 0) is 43.7 Å². The summed E-state index contributed by atoms with van der Waals surface area (Å²) in [5.74, 6) is -1.75. The molecule has 2 amide bonds. The van der Waals surface area contributed by atoms with E-state index in [2.05, 4.69) is 4.98 Å². The van der Waals surface area contributed by atoms with Crippen LogP contribution in [-0.2, 0) is 16.1 Å². The molecule has 0 N–H and O–H groups in total. The van der Waals surface area contributed by atoms with Crippen LogP contribution in [0.3, 0.4) is 0 Å². The molecule has 2 aromatic rings. The molecule has 8 heteroatoms. The predicted octanol–water partition coefficient (Wildman–Crippen LogP) is 2.23. The van der Waals surface area contributed by atoms with Crippen molar-refractivity contribution in [3.63, 3.8) is 0 Å². The summed E-state index contributed by atoms with van der Waals surface area (Å²) in [6.07, 6.45) is 1.06. The lowest BCUT2D eigenvalue weighted by atomic mass is 10.1. The second-order valence-electron chi connectivity index (χ2n) is 6.72. The summed E-state index contributed by atoms with van der Waals surface area (Å²) in [5.41, 5.74) is 0.766. The molecule has 28 heavy (non-hydrogen) atoms. The molecular weight excluding hydrogens is 365 g/mol. The molecule has 1 aromatic carbocycles. The van der Waals surface area contributed by atoms with Crippen LogP contribution in [0.4, 0.5) is 4.39 Å². The highest BCUT2D eigenvalue weighted by Crippen LogP contribution is 2.17. The minimum atomic E-state index is -0.687. The Morgan fingerprint density at radius 3 is 2.61 bits per heavy atom. The summed E-state index contributed by atoms with van der Waals surface area (Å²) in [7, 11) is 0. The number of hydrogen-bond acceptors (Lipinski definition) is 5. The van der Waals surface area contributed by atoms with Crippen LogP contribution in [0.15, 0.2) is 42.6 Å². The van der Waals surface area contributed by atoms with Gasteiger partial charge < -0.3 is 14.5 Å². The maximum atomic E-state index is 13.0. The number of carbonyl (C=O) groups is 3. The van der Waals surface area contributed by atoms with Crippen molar-refractivity contribution in [1.29, 1.82) is 0 Å². The quantitative estimate of drug-likeness (QED) is 0.738. The van der Waals surface area contributed by atoms with Crippen molar-refractivity contribution in [3.05, 3.63) is 65.2 Å². The summed E-state index contributed by atoms with van der Waals surface area (Å²) in [6.45, 7) is 3.64. The van der Waals surface area contributed by atoms with Crippen LogP contribution in [0.5, 0.6) is 0 Å². The Morgan fingerprint density at radius 1 is 1.21 bits per heavy atom. The number of rotatable bonds is 5. The van der Waals surface area contributed by atoms with E-state index in [4.69, 9.17) is 4.74 Å². The third-order valence-electron chi connectivity index (χ3n) is 4.17. The molecule has 1 saturated heterocycles. The van der Waals surface area contributed by atoms with Crippen molar-refractivity contribution < 1.29 is 23.5 Å². The van der Waals surface area contributed by atoms with Crippen LogP contribution in [-0.4, -0.2) is 51.9 Å². The fourth-order valence-corrected chi connectivity index (χ4v) is 2.86. The van der Waals surface area contributed by atoms with Gasteiger partial charge >= 0.3 is 5.97 Å². The maximum Gasteiger partial charge on any atom is 0.358 e. The molecule has 0 unspecified atom stereocenters. The number of benzene rings is 1. The molecule has 0 saturated carbocycles. The van der Waals surface area contributed by atoms with E-state index >= 15 is 0 Å². The highest BCUT2D eigenvalue weighted by molar-refractivity contribution is 6.05. The van der Waals surface area contributed by atoms with E-state index in [1.54, 1.807) is 32.0 Å². The monoisotopic (exact) mass is 385 g/mol. The molecule has 3 rings (SSSR count). The van der Waals surface area contributed by atoms with Crippen LogP contribution in [0, 0.1) is 5.82 Å². The van der Waals surface area contributed by atoms with Gasteiger partial charge in [0.15, 0.2) is 5.69 Å². The van der Waals surface area contributed by atoms with Gasteiger partial charge in [-0.2, -0.15) is 0 Å². The average Bonchev–Trinajstić information content (AvgIpc) is 3.03. The van der Waals surface area contributed by atoms with E-state index in [1.165, 1.54) is 34.2 Å². The molecule has 0 aliphatic carbocycles. The molecule has 0 spiro atoms. The number of nitrogens with zero attached hydrogens (tertiary/aromatic N) is 3. The van der Waals surface area contributed by atoms with E-state index in [0.29, 0.717) is 0 Å². The van der Waals surface area contributed by atoms with Gasteiger partial charge in [-0.1, -0.05) is 12.1 Å². The van der Waals surface area contributed by atoms with Crippen LogP contribution >= 0.6 is 0 Å². The fraction of sp³-hybridized carbons (Fsp3) is 0.300. The van der Waals surface area contributed by atoms with Gasteiger partial charge in [-0.25, -0.2) is 14.2 Å². The third kappa shape index (κ3) is 4.33. The van der Waals surface area contributed by atoms with Gasteiger partial charge in [0.05, 0.1) is 18.3 Å². The molecule has 1 aromatic heterocycles. The third-order valence-corrected chi connectivity index (χ3v) is 4.17. The zero-order chi connectivity index (χ0) is 20.3. The summed E-state index contributed by atoms with van der Waals surface area (Å²) in [5, 5.41) is 0. The number of ether oxygens (including phenoxy) is 1. The second-order valence-corrected chi connectivity index (χ2v) is 6.72. The van der Waals surface area contributed by atoms with Crippen molar-refractivity contribution >= 4 is 17.8 Å². The molecule has 1 aliphatic rings. The van der Waals surface area contributed by atoms with E-state index in [-0.39, 0.29) is 48.8 Å². The molecule has 146 valence electrons. The number of esters is 1. The Balaban J connectivity index is 1.74. The lowest BCUT2D eigenvalue weighted by Crippen LogP contribution is -2.32. The lowest BCUT2D eigenvalue weighted by Gasteiger charge is -2.19. The zero-order valence-electron chi connectivity index (χ0n) is 15.6. The van der Waals surface area contributed by atoms with Gasteiger partial charge in [-0.3, -0.25) is 9.59 Å². The van der Waals surface area contributed by atoms with Crippen molar-refractivity contribution in [2.45, 2.75) is 26.5 Å². The zero-order valence-corrected chi connectivity index (χ0v) is 15.6. The number of carbonyl (C=O) groups excluding carboxylic acids is 3. The van der Waals surface area contributed by atoms with Crippen molar-refractivity contribution in [2.24, 2.45) is 0 Å². The van der Waals surface area contributed by atoms with Gasteiger partial charge in [0.2, 0.25) is 5.91 Å². The summed E-state index contributed by atoms with van der Waals surface area (Å²) in [6, 6.07) is 8.86. The number of amides is 2. The van der Waals surface area contributed by atoms with E-state index in [9.17, 15) is 18.8 Å². The standard InChI is InChI=1S/C20H20FN3O4/c1-13(2)28-20(27)18-16(4-3-9-22-18)19(26)24-11-17(25)23(12-24)10-14-5-7-15(21)8-6-14/h3-9,13H,10-12H2,1-2H3. The summed E-state index contributed by atoms with van der Waals surface area (Å²) >= 11 is 0. The average molecular weight is 385 g/mol. The first kappa shape index (κ1) is 19.5. The van der Waals surface area contributed by atoms with Gasteiger partial charge in [-0.15, -0.1) is 0 Å². The fourth-order valence-electron chi connectivity index (χ4n) is 2.86. The van der Waals surface area contributed by atoms with Gasteiger partial charge in [0.1, 0.15) is 12.4 Å². The first-order chi connectivity index (χ1) is 13.3. The largest absolute Gasteiger partial charge is 0.458 e. The molecule has 0 radical (unpaired) electrons. The number of pyridine rings is 1. The van der Waals surface area contributed by atoms with Crippen molar-refractivity contribution in [2.75, 3.05) is 13.2 Å². The highest BCUT2D eigenvalue weighted by Gasteiger charge is 2.33.